The normalized spacial score (nSPS) is 25.8. The number of halogens is 1. The second-order valence-electron chi connectivity index (χ2n) is 6.57. The highest BCUT2D eigenvalue weighted by molar-refractivity contribution is 6.35. The third kappa shape index (κ3) is 3.83. The average molecular weight is 358 g/mol. The Morgan fingerprint density at radius 2 is 2.08 bits per heavy atom. The van der Waals surface area contributed by atoms with E-state index >= 15 is 0 Å². The van der Waals surface area contributed by atoms with Crippen LogP contribution in [0.2, 0.25) is 5.02 Å². The summed E-state index contributed by atoms with van der Waals surface area (Å²) < 4.78 is 5.38. The molecule has 1 aromatic rings. The summed E-state index contributed by atoms with van der Waals surface area (Å²) in [6.07, 6.45) is 0.913. The lowest BCUT2D eigenvalue weighted by Gasteiger charge is -2.39. The quantitative estimate of drug-likeness (QED) is 0.702. The molecular weight excluding hydrogens is 334 g/mol. The highest BCUT2D eigenvalue weighted by Gasteiger charge is 2.33. The number of nitrogens with one attached hydrogen (secondary N) is 1. The fourth-order valence-electron chi connectivity index (χ4n) is 3.54. The number of anilines is 1. The van der Waals surface area contributed by atoms with Crippen LogP contribution in [0.15, 0.2) is 0 Å². The molecule has 0 unspecified atom stereocenters. The SMILES string of the molecule is Nc1n[nH]c(C(=O)N2C[C@@H](CN3CCOCC3)C[C@H](CO)C2)c1Cl. The van der Waals surface area contributed by atoms with Crippen molar-refractivity contribution in [1.29, 1.82) is 0 Å². The lowest BCUT2D eigenvalue weighted by molar-refractivity contribution is 0.0129. The van der Waals surface area contributed by atoms with Gasteiger partial charge in [0.05, 0.1) is 13.2 Å². The number of piperidine rings is 1. The molecule has 0 bridgehead atoms. The van der Waals surface area contributed by atoms with Crippen molar-refractivity contribution in [2.24, 2.45) is 11.8 Å². The number of carbonyl (C=O) groups is 1. The third-order valence-corrected chi connectivity index (χ3v) is 5.12. The molecule has 0 saturated carbocycles. The number of hydrogen-bond donors (Lipinski definition) is 3. The first-order valence-electron chi connectivity index (χ1n) is 8.28. The highest BCUT2D eigenvalue weighted by Crippen LogP contribution is 2.27. The van der Waals surface area contributed by atoms with Crippen LogP contribution in [-0.2, 0) is 4.74 Å². The zero-order valence-electron chi connectivity index (χ0n) is 13.6. The first kappa shape index (κ1) is 17.5. The molecule has 2 aliphatic heterocycles. The Labute approximate surface area is 145 Å². The van der Waals surface area contributed by atoms with Crippen molar-refractivity contribution in [3.63, 3.8) is 0 Å². The molecule has 0 radical (unpaired) electrons. The van der Waals surface area contributed by atoms with Crippen molar-refractivity contribution in [1.82, 2.24) is 20.0 Å². The number of morpholine rings is 1. The number of aliphatic hydroxyl groups excluding tert-OH is 1. The minimum Gasteiger partial charge on any atom is -0.396 e. The molecule has 1 amide bonds. The number of aromatic amines is 1. The van der Waals surface area contributed by atoms with Crippen LogP contribution in [0.1, 0.15) is 16.9 Å². The number of aliphatic hydroxyl groups is 1. The lowest BCUT2D eigenvalue weighted by Crippen LogP contribution is -2.49. The maximum atomic E-state index is 12.7. The van der Waals surface area contributed by atoms with Crippen LogP contribution >= 0.6 is 11.6 Å². The van der Waals surface area contributed by atoms with Gasteiger partial charge in [-0.1, -0.05) is 11.6 Å². The van der Waals surface area contributed by atoms with Crippen LogP contribution in [0.5, 0.6) is 0 Å². The number of carbonyl (C=O) groups excluding carboxylic acids is 1. The summed E-state index contributed by atoms with van der Waals surface area (Å²) in [4.78, 5) is 16.8. The van der Waals surface area contributed by atoms with Gasteiger partial charge in [-0.15, -0.1) is 0 Å². The minimum absolute atomic E-state index is 0.0717. The van der Waals surface area contributed by atoms with Crippen LogP contribution in [-0.4, -0.2) is 83.6 Å². The van der Waals surface area contributed by atoms with Crippen LogP contribution in [0, 0.1) is 11.8 Å². The molecule has 8 nitrogen and oxygen atoms in total. The van der Waals surface area contributed by atoms with Gasteiger partial charge in [-0.2, -0.15) is 5.10 Å². The fourth-order valence-corrected chi connectivity index (χ4v) is 3.71. The Morgan fingerprint density at radius 1 is 1.38 bits per heavy atom. The summed E-state index contributed by atoms with van der Waals surface area (Å²) >= 11 is 6.05. The van der Waals surface area contributed by atoms with Gasteiger partial charge in [-0.25, -0.2) is 0 Å². The van der Waals surface area contributed by atoms with E-state index in [4.69, 9.17) is 22.1 Å². The molecule has 134 valence electrons. The number of H-pyrrole nitrogens is 1. The summed E-state index contributed by atoms with van der Waals surface area (Å²) in [6, 6.07) is 0. The summed E-state index contributed by atoms with van der Waals surface area (Å²) in [7, 11) is 0. The van der Waals surface area contributed by atoms with Gasteiger partial charge in [0.1, 0.15) is 10.7 Å². The van der Waals surface area contributed by atoms with Crippen molar-refractivity contribution in [3.05, 3.63) is 10.7 Å². The smallest absolute Gasteiger partial charge is 0.273 e. The molecule has 2 fully saturated rings. The molecule has 2 aliphatic rings. The third-order valence-electron chi connectivity index (χ3n) is 4.74. The molecule has 3 heterocycles. The van der Waals surface area contributed by atoms with Crippen molar-refractivity contribution in [2.75, 3.05) is 58.3 Å². The predicted molar refractivity (Wildman–Crippen MR) is 89.9 cm³/mol. The number of amides is 1. The zero-order valence-corrected chi connectivity index (χ0v) is 14.3. The number of aromatic nitrogens is 2. The minimum atomic E-state index is -0.214. The number of ether oxygens (including phenoxy) is 1. The number of rotatable bonds is 4. The number of hydrogen-bond acceptors (Lipinski definition) is 6. The first-order valence-corrected chi connectivity index (χ1v) is 8.65. The van der Waals surface area contributed by atoms with E-state index in [9.17, 15) is 9.90 Å². The van der Waals surface area contributed by atoms with Gasteiger partial charge < -0.3 is 20.5 Å². The van der Waals surface area contributed by atoms with E-state index in [0.717, 1.165) is 39.3 Å². The Kier molecular flexibility index (Phi) is 5.60. The van der Waals surface area contributed by atoms with Gasteiger partial charge in [0.2, 0.25) is 0 Å². The average Bonchev–Trinajstić information content (AvgIpc) is 2.94. The van der Waals surface area contributed by atoms with Crippen LogP contribution < -0.4 is 5.73 Å². The van der Waals surface area contributed by atoms with Crippen molar-refractivity contribution in [2.45, 2.75) is 6.42 Å². The number of nitrogen functional groups attached to an aromatic ring is 1. The lowest BCUT2D eigenvalue weighted by atomic mass is 9.89. The van der Waals surface area contributed by atoms with E-state index in [1.165, 1.54) is 0 Å². The summed E-state index contributed by atoms with van der Waals surface area (Å²) in [5, 5.41) is 16.2. The number of likely N-dealkylation sites (tertiary alicyclic amines) is 1. The predicted octanol–water partition coefficient (Wildman–Crippen LogP) is 0.0481. The summed E-state index contributed by atoms with van der Waals surface area (Å²) in [6.45, 7) is 5.47. The van der Waals surface area contributed by atoms with Crippen molar-refractivity contribution >= 4 is 23.3 Å². The molecular formula is C15H24ClN5O3. The summed E-state index contributed by atoms with van der Waals surface area (Å²) in [5.74, 6) is 0.305. The van der Waals surface area contributed by atoms with Gasteiger partial charge in [-0.05, 0) is 18.3 Å². The molecule has 2 atom stereocenters. The van der Waals surface area contributed by atoms with Gasteiger partial charge in [-0.3, -0.25) is 14.8 Å². The molecule has 2 saturated heterocycles. The zero-order chi connectivity index (χ0) is 17.1. The second kappa shape index (κ2) is 7.69. The van der Waals surface area contributed by atoms with Crippen LogP contribution in [0.25, 0.3) is 0 Å². The van der Waals surface area contributed by atoms with E-state index in [0.29, 0.717) is 19.0 Å². The first-order chi connectivity index (χ1) is 11.6. The fraction of sp³-hybridized carbons (Fsp3) is 0.733. The second-order valence-corrected chi connectivity index (χ2v) is 6.95. The van der Waals surface area contributed by atoms with E-state index < -0.39 is 0 Å². The maximum absolute atomic E-state index is 12.7. The largest absolute Gasteiger partial charge is 0.396 e. The Balaban J connectivity index is 1.68. The molecule has 24 heavy (non-hydrogen) atoms. The maximum Gasteiger partial charge on any atom is 0.273 e. The molecule has 0 aromatic carbocycles. The van der Waals surface area contributed by atoms with Crippen molar-refractivity contribution < 1.29 is 14.6 Å². The monoisotopic (exact) mass is 357 g/mol. The Morgan fingerprint density at radius 3 is 2.71 bits per heavy atom. The molecule has 3 rings (SSSR count). The van der Waals surface area contributed by atoms with Crippen LogP contribution in [0.3, 0.4) is 0 Å². The number of nitrogens with zero attached hydrogens (tertiary/aromatic N) is 3. The van der Waals surface area contributed by atoms with Gasteiger partial charge >= 0.3 is 0 Å². The molecule has 9 heteroatoms. The molecule has 4 N–H and O–H groups in total. The van der Waals surface area contributed by atoms with E-state index in [1.807, 2.05) is 0 Å². The summed E-state index contributed by atoms with van der Waals surface area (Å²) in [5.41, 5.74) is 5.83. The van der Waals surface area contributed by atoms with Gasteiger partial charge in [0.25, 0.3) is 5.91 Å². The molecule has 0 spiro atoms. The highest BCUT2D eigenvalue weighted by atomic mass is 35.5. The standard InChI is InChI=1S/C15H24ClN5O3/c16-12-13(18-19-14(12)17)15(23)21-7-10(5-11(8-21)9-22)6-20-1-3-24-4-2-20/h10-11,22H,1-9H2,(H3,17,18,19)/t10-,11+/m1/s1. The Bertz CT molecular complexity index is 575. The molecule has 1 aromatic heterocycles. The van der Waals surface area contributed by atoms with E-state index in [1.54, 1.807) is 4.90 Å². The van der Waals surface area contributed by atoms with Crippen molar-refractivity contribution in [3.8, 4) is 0 Å². The Hall–Kier alpha value is -1.35. The number of nitrogens with two attached hydrogens (primary N) is 1. The molecule has 0 aliphatic carbocycles. The van der Waals surface area contributed by atoms with Gasteiger partial charge in [0.15, 0.2) is 5.82 Å². The van der Waals surface area contributed by atoms with E-state index in [-0.39, 0.29) is 35.0 Å². The topological polar surface area (TPSA) is 108 Å². The van der Waals surface area contributed by atoms with Gasteiger partial charge in [0, 0.05) is 39.3 Å². The van der Waals surface area contributed by atoms with Crippen LogP contribution in [0.4, 0.5) is 5.82 Å². The van der Waals surface area contributed by atoms with E-state index in [2.05, 4.69) is 15.1 Å².